The summed E-state index contributed by atoms with van der Waals surface area (Å²) in [6.45, 7) is 4.84. The summed E-state index contributed by atoms with van der Waals surface area (Å²) in [5.74, 6) is 0.446. The number of morpholine rings is 1. The third-order valence-corrected chi connectivity index (χ3v) is 3.46. The molecule has 0 aliphatic carbocycles. The van der Waals surface area contributed by atoms with Crippen LogP contribution in [-0.2, 0) is 4.74 Å². The molecule has 3 heterocycles. The van der Waals surface area contributed by atoms with Gasteiger partial charge in [-0.25, -0.2) is 9.78 Å². The predicted molar refractivity (Wildman–Crippen MR) is 76.7 cm³/mol. The highest BCUT2D eigenvalue weighted by molar-refractivity contribution is 5.86. The van der Waals surface area contributed by atoms with Gasteiger partial charge in [0.15, 0.2) is 5.65 Å². The lowest BCUT2D eigenvalue weighted by atomic mass is 10.3. The summed E-state index contributed by atoms with van der Waals surface area (Å²) in [7, 11) is 0. The second kappa shape index (κ2) is 6.06. The molecule has 1 fully saturated rings. The third-order valence-electron chi connectivity index (χ3n) is 3.46. The van der Waals surface area contributed by atoms with Gasteiger partial charge in [0.05, 0.1) is 18.6 Å². The molecule has 1 saturated heterocycles. The molecule has 0 saturated carbocycles. The topological polar surface area (TPSA) is 92.5 Å². The molecule has 2 aromatic heterocycles. The number of rotatable bonds is 4. The first-order valence-corrected chi connectivity index (χ1v) is 6.87. The maximum absolute atomic E-state index is 11.6. The molecule has 3 rings (SSSR count). The van der Waals surface area contributed by atoms with Crippen molar-refractivity contribution in [3.63, 3.8) is 0 Å². The van der Waals surface area contributed by atoms with Gasteiger partial charge in [0.2, 0.25) is 0 Å². The maximum Gasteiger partial charge on any atom is 0.384 e. The minimum absolute atomic E-state index is 0.200. The largest absolute Gasteiger partial charge is 0.422 e. The lowest BCUT2D eigenvalue weighted by Gasteiger charge is -2.26. The third kappa shape index (κ3) is 2.96. The van der Waals surface area contributed by atoms with E-state index < -0.39 is 5.69 Å². The van der Waals surface area contributed by atoms with Gasteiger partial charge in [-0.2, -0.15) is 4.98 Å². The number of aromatic nitrogens is 3. The highest BCUT2D eigenvalue weighted by atomic mass is 16.5. The van der Waals surface area contributed by atoms with Crippen LogP contribution < -0.4 is 11.0 Å². The molecule has 0 amide bonds. The molecule has 2 aromatic rings. The number of pyridine rings is 1. The zero-order valence-corrected chi connectivity index (χ0v) is 11.5. The van der Waals surface area contributed by atoms with E-state index in [1.54, 1.807) is 12.1 Å². The molecule has 8 heteroatoms. The number of nitrogens with zero attached hydrogens (tertiary/aromatic N) is 4. The van der Waals surface area contributed by atoms with Crippen molar-refractivity contribution < 1.29 is 9.94 Å². The van der Waals surface area contributed by atoms with Crippen molar-refractivity contribution in [2.75, 3.05) is 44.7 Å². The van der Waals surface area contributed by atoms with E-state index >= 15 is 0 Å². The second-order valence-corrected chi connectivity index (χ2v) is 4.81. The maximum atomic E-state index is 11.6. The fourth-order valence-electron chi connectivity index (χ4n) is 2.34. The molecule has 1 aliphatic rings. The molecule has 0 aromatic carbocycles. The van der Waals surface area contributed by atoms with Crippen molar-refractivity contribution in [3.05, 3.63) is 28.8 Å². The summed E-state index contributed by atoms with van der Waals surface area (Å²) in [5.41, 5.74) is -0.540. The van der Waals surface area contributed by atoms with Crippen LogP contribution in [0.2, 0.25) is 0 Å². The number of ether oxygens (including phenoxy) is 1. The van der Waals surface area contributed by atoms with E-state index in [-0.39, 0.29) is 5.65 Å². The summed E-state index contributed by atoms with van der Waals surface area (Å²) < 4.78 is 5.76. The van der Waals surface area contributed by atoms with Crippen LogP contribution in [0.1, 0.15) is 0 Å². The van der Waals surface area contributed by atoms with Gasteiger partial charge in [-0.15, -0.1) is 4.73 Å². The van der Waals surface area contributed by atoms with Gasteiger partial charge < -0.3 is 15.3 Å². The number of anilines is 1. The molecule has 2 N–H and O–H groups in total. The Morgan fingerprint density at radius 1 is 1.38 bits per heavy atom. The quantitative estimate of drug-likeness (QED) is 0.752. The molecule has 0 unspecified atom stereocenters. The summed E-state index contributed by atoms with van der Waals surface area (Å²) in [6, 6.07) is 3.50. The zero-order valence-electron chi connectivity index (χ0n) is 11.5. The molecule has 0 radical (unpaired) electrons. The zero-order chi connectivity index (χ0) is 14.7. The Bertz CT molecular complexity index is 681. The van der Waals surface area contributed by atoms with Crippen LogP contribution in [0, 0.1) is 0 Å². The number of hydrogen-bond donors (Lipinski definition) is 2. The highest BCUT2D eigenvalue weighted by Gasteiger charge is 2.12. The minimum atomic E-state index is -0.741. The molecular weight excluding hydrogens is 274 g/mol. The Hall–Kier alpha value is -2.19. The molecule has 21 heavy (non-hydrogen) atoms. The van der Waals surface area contributed by atoms with Crippen LogP contribution >= 0.6 is 0 Å². The fraction of sp³-hybridized carbons (Fsp3) is 0.462. The predicted octanol–water partition coefficient (Wildman–Crippen LogP) is -0.227. The molecule has 0 atom stereocenters. The van der Waals surface area contributed by atoms with Crippen LogP contribution in [0.4, 0.5) is 5.82 Å². The van der Waals surface area contributed by atoms with Crippen molar-refractivity contribution in [2.24, 2.45) is 0 Å². The molecule has 8 nitrogen and oxygen atoms in total. The van der Waals surface area contributed by atoms with Crippen molar-refractivity contribution in [1.29, 1.82) is 0 Å². The van der Waals surface area contributed by atoms with Crippen molar-refractivity contribution >= 4 is 16.9 Å². The number of nitrogens with one attached hydrogen (secondary N) is 1. The summed E-state index contributed by atoms with van der Waals surface area (Å²) >= 11 is 0. The van der Waals surface area contributed by atoms with E-state index in [4.69, 9.17) is 4.74 Å². The molecular formula is C13H17N5O3. The van der Waals surface area contributed by atoms with Gasteiger partial charge in [0.25, 0.3) is 0 Å². The van der Waals surface area contributed by atoms with Gasteiger partial charge in [-0.1, -0.05) is 0 Å². The SMILES string of the molecule is O=c1nc(NCCN2CCOCC2)c2cccnc2n1O. The monoisotopic (exact) mass is 291 g/mol. The second-order valence-electron chi connectivity index (χ2n) is 4.81. The normalized spacial score (nSPS) is 16.2. The Kier molecular flexibility index (Phi) is 3.98. The average Bonchev–Trinajstić information content (AvgIpc) is 2.53. The fourth-order valence-corrected chi connectivity index (χ4v) is 2.34. The van der Waals surface area contributed by atoms with Gasteiger partial charge in [0, 0.05) is 32.4 Å². The first-order chi connectivity index (χ1) is 10.3. The average molecular weight is 291 g/mol. The standard InChI is InChI=1S/C13H17N5O3/c19-13-16-11(10-2-1-3-15-12(10)18(13)20)14-4-5-17-6-8-21-9-7-17/h1-3,20H,4-9H2,(H,14,16,19). The molecule has 112 valence electrons. The number of fused-ring (bicyclic) bond motifs is 1. The Morgan fingerprint density at radius 3 is 3.00 bits per heavy atom. The highest BCUT2D eigenvalue weighted by Crippen LogP contribution is 2.16. The van der Waals surface area contributed by atoms with Gasteiger partial charge in [-0.3, -0.25) is 4.90 Å². The Balaban J connectivity index is 1.74. The number of hydrogen-bond acceptors (Lipinski definition) is 7. The molecule has 0 bridgehead atoms. The molecule has 1 aliphatic heterocycles. The summed E-state index contributed by atoms with van der Waals surface area (Å²) in [6.07, 6.45) is 1.52. The smallest absolute Gasteiger partial charge is 0.384 e. The van der Waals surface area contributed by atoms with E-state index in [0.29, 0.717) is 22.5 Å². The van der Waals surface area contributed by atoms with Gasteiger partial charge >= 0.3 is 5.69 Å². The van der Waals surface area contributed by atoms with Crippen molar-refractivity contribution in [3.8, 4) is 0 Å². The Morgan fingerprint density at radius 2 is 2.19 bits per heavy atom. The van der Waals surface area contributed by atoms with E-state index in [0.717, 1.165) is 32.8 Å². The van der Waals surface area contributed by atoms with Crippen molar-refractivity contribution in [1.82, 2.24) is 19.6 Å². The first-order valence-electron chi connectivity index (χ1n) is 6.87. The Labute approximate surface area is 120 Å². The minimum Gasteiger partial charge on any atom is -0.422 e. The van der Waals surface area contributed by atoms with E-state index in [1.807, 2.05) is 0 Å². The molecule has 0 spiro atoms. The summed E-state index contributed by atoms with van der Waals surface area (Å²) in [4.78, 5) is 21.7. The van der Waals surface area contributed by atoms with Crippen LogP contribution in [0.15, 0.2) is 23.1 Å². The van der Waals surface area contributed by atoms with E-state index in [9.17, 15) is 10.0 Å². The first kappa shape index (κ1) is 13.8. The lowest BCUT2D eigenvalue weighted by molar-refractivity contribution is 0.0398. The van der Waals surface area contributed by atoms with Crippen molar-refractivity contribution in [2.45, 2.75) is 0 Å². The van der Waals surface area contributed by atoms with Crippen LogP contribution in [0.5, 0.6) is 0 Å². The van der Waals surface area contributed by atoms with E-state index in [2.05, 4.69) is 20.2 Å². The lowest BCUT2D eigenvalue weighted by Crippen LogP contribution is -2.39. The van der Waals surface area contributed by atoms with E-state index in [1.165, 1.54) is 6.20 Å². The summed E-state index contributed by atoms with van der Waals surface area (Å²) in [5, 5.41) is 13.4. The van der Waals surface area contributed by atoms with Crippen LogP contribution in [0.25, 0.3) is 11.0 Å². The van der Waals surface area contributed by atoms with Gasteiger partial charge in [0.1, 0.15) is 5.82 Å². The van der Waals surface area contributed by atoms with Crippen LogP contribution in [-0.4, -0.2) is 64.2 Å². The van der Waals surface area contributed by atoms with Gasteiger partial charge in [-0.05, 0) is 12.1 Å². The van der Waals surface area contributed by atoms with Crippen LogP contribution in [0.3, 0.4) is 0 Å².